The number of benzene rings is 2. The fourth-order valence-corrected chi connectivity index (χ4v) is 4.83. The molecule has 1 atom stereocenters. The van der Waals surface area contributed by atoms with Crippen LogP contribution in [0.25, 0.3) is 0 Å². The molecular formula is C44H68Cu2N4O8. The van der Waals surface area contributed by atoms with Crippen molar-refractivity contribution in [1.82, 2.24) is 9.80 Å². The van der Waals surface area contributed by atoms with Crippen molar-refractivity contribution in [2.75, 3.05) is 47.9 Å². The van der Waals surface area contributed by atoms with E-state index in [4.69, 9.17) is 4.74 Å². The van der Waals surface area contributed by atoms with Gasteiger partial charge >= 0.3 is 34.1 Å². The number of carbonyl (C=O) groups excluding carboxylic acids is 3. The van der Waals surface area contributed by atoms with Crippen molar-refractivity contribution in [3.63, 3.8) is 0 Å². The molecule has 334 valence electrons. The number of carboxylic acids is 1. The summed E-state index contributed by atoms with van der Waals surface area (Å²) in [6.45, 7) is 25.4. The van der Waals surface area contributed by atoms with Crippen molar-refractivity contribution >= 4 is 31.2 Å². The van der Waals surface area contributed by atoms with Crippen LogP contribution < -0.4 is 20.4 Å². The van der Waals surface area contributed by atoms with Crippen LogP contribution in [0.5, 0.6) is 11.5 Å². The Kier molecular flexibility index (Phi) is 26.5. The number of aliphatic carboxylic acids is 1. The van der Waals surface area contributed by atoms with Gasteiger partial charge in [0.15, 0.2) is 0 Å². The molecule has 58 heavy (non-hydrogen) atoms. The maximum Gasteiger partial charge on any atom is 2.00 e. The van der Waals surface area contributed by atoms with Gasteiger partial charge in [0.2, 0.25) is 12.8 Å². The van der Waals surface area contributed by atoms with Gasteiger partial charge in [-0.25, -0.2) is 0 Å². The fraction of sp³-hybridized carbons (Fsp3) is 0.614. The summed E-state index contributed by atoms with van der Waals surface area (Å²) in [4.78, 5) is 40.3. The second kappa shape index (κ2) is 26.1. The number of aliphatic imine (C=N–C) groups is 2. The van der Waals surface area contributed by atoms with Crippen molar-refractivity contribution in [1.29, 1.82) is 0 Å². The first kappa shape index (κ1) is 59.1. The molecule has 0 bridgehead atoms. The number of ether oxygens (including phenoxy) is 1. The molecule has 0 aromatic heterocycles. The monoisotopic (exact) mass is 906 g/mol. The van der Waals surface area contributed by atoms with Gasteiger partial charge in [0.25, 0.3) is 0 Å². The van der Waals surface area contributed by atoms with Gasteiger partial charge in [0.05, 0.1) is 12.1 Å². The molecule has 14 heteroatoms. The van der Waals surface area contributed by atoms with E-state index in [-0.39, 0.29) is 80.4 Å². The van der Waals surface area contributed by atoms with Crippen LogP contribution in [0.2, 0.25) is 0 Å². The molecule has 1 saturated heterocycles. The third-order valence-electron chi connectivity index (χ3n) is 8.28. The van der Waals surface area contributed by atoms with Gasteiger partial charge in [-0.05, 0) is 67.9 Å². The molecular weight excluding hydrogens is 840 g/mol. The number of rotatable bonds is 9. The number of nitrogens with zero attached hydrogens (tertiary/aromatic N) is 4. The van der Waals surface area contributed by atoms with Crippen molar-refractivity contribution in [3.8, 4) is 11.5 Å². The van der Waals surface area contributed by atoms with Gasteiger partial charge in [-0.2, -0.15) is 0 Å². The third kappa shape index (κ3) is 22.2. The zero-order valence-corrected chi connectivity index (χ0v) is 39.4. The quantitative estimate of drug-likeness (QED) is 0.208. The molecule has 1 heterocycles. The van der Waals surface area contributed by atoms with Gasteiger partial charge in [0, 0.05) is 60.3 Å². The van der Waals surface area contributed by atoms with Gasteiger partial charge in [0.1, 0.15) is 0 Å². The number of carbonyl (C=O) groups is 3. The molecule has 0 spiro atoms. The Morgan fingerprint density at radius 2 is 1.03 bits per heavy atom. The molecule has 0 aliphatic carbocycles. The minimum atomic E-state index is -1.08. The largest absolute Gasteiger partial charge is 2.00 e. The van der Waals surface area contributed by atoms with E-state index in [0.29, 0.717) is 24.2 Å². The van der Waals surface area contributed by atoms with Crippen LogP contribution in [0.1, 0.15) is 129 Å². The summed E-state index contributed by atoms with van der Waals surface area (Å²) in [6, 6.07) is 7.75. The second-order valence-corrected chi connectivity index (χ2v) is 18.5. The van der Waals surface area contributed by atoms with E-state index < -0.39 is 18.2 Å². The van der Waals surface area contributed by atoms with Crippen LogP contribution in [0.3, 0.4) is 0 Å². The zero-order chi connectivity index (χ0) is 43.8. The topological polar surface area (TPSA) is 184 Å². The molecule has 0 N–H and O–H groups in total. The normalized spacial score (nSPS) is 14.6. The van der Waals surface area contributed by atoms with Gasteiger partial charge < -0.3 is 39.8 Å². The van der Waals surface area contributed by atoms with Crippen LogP contribution in [0.4, 0.5) is 0 Å². The maximum atomic E-state index is 13.1. The summed E-state index contributed by atoms with van der Waals surface area (Å²) in [5.74, 6) is -1.18. The van der Waals surface area contributed by atoms with Crippen LogP contribution in [-0.4, -0.2) is 101 Å². The molecule has 2 amide bonds. The van der Waals surface area contributed by atoms with Crippen molar-refractivity contribution in [3.05, 3.63) is 57.6 Å². The summed E-state index contributed by atoms with van der Waals surface area (Å²) in [6.07, 6.45) is 4.31. The van der Waals surface area contributed by atoms with Gasteiger partial charge in [-0.3, -0.25) is 19.6 Å². The van der Waals surface area contributed by atoms with Crippen molar-refractivity contribution < 1.29 is 73.7 Å². The Balaban J connectivity index is -0.00000124. The number of amides is 2. The minimum absolute atomic E-state index is 0. The summed E-state index contributed by atoms with van der Waals surface area (Å²) >= 11 is 0. The van der Waals surface area contributed by atoms with E-state index >= 15 is 0 Å². The minimum Gasteiger partial charge on any atom is -0.872 e. The molecule has 2 aromatic carbocycles. The zero-order valence-electron chi connectivity index (χ0n) is 37.5. The predicted molar refractivity (Wildman–Crippen MR) is 219 cm³/mol. The number of hydrogen-bond donors (Lipinski definition) is 0. The average molecular weight is 908 g/mol. The molecule has 12 nitrogen and oxygen atoms in total. The SMILES string of the molecule is CC(C)(C)c1cc(C=NCC([O-])CN=Cc2cc(C(C)(C)C)cc(C(C)(C)C)c2[O-])c([O-])c(C(C)(C)C)c1.CN(C)C=O.CN(C)C=O.O=C([O-])[C@H]1CCCO1.[Cu+2].[Cu+2]. The molecule has 2 aromatic rings. The molecule has 1 aliphatic heterocycles. The Bertz CT molecular complexity index is 1510. The van der Waals surface area contributed by atoms with E-state index in [1.165, 1.54) is 22.2 Å². The maximum absolute atomic E-state index is 13.1. The van der Waals surface area contributed by atoms with E-state index in [1.807, 2.05) is 65.8 Å². The van der Waals surface area contributed by atoms with Gasteiger partial charge in [-0.1, -0.05) is 125 Å². The first-order valence-electron chi connectivity index (χ1n) is 18.9. The van der Waals surface area contributed by atoms with Crippen LogP contribution in [0.15, 0.2) is 34.3 Å². The van der Waals surface area contributed by atoms with E-state index in [2.05, 4.69) is 51.5 Å². The Labute approximate surface area is 369 Å². The standard InChI is InChI=1S/C33H49N2O3.C5H8O3.2C3H7NO.2Cu/c1-30(2,3)23-13-21(28(37)26(15-23)32(7,8)9)17-34-19-25(36)20-35-18-22-14-24(31(4,5)6)16-27(29(22)38)33(10,11)12;6-5(7)4-2-1-3-8-4;2*1-4(2)3-5;;/h13-18,25,37-38H,19-20H2,1-12H3;4H,1-3H2,(H,6,7);2*3H,1-2H3;;/q-1;;;;2*+2/p-3/t;4-;;;;/m.1..../s1. The molecule has 0 saturated carbocycles. The third-order valence-corrected chi connectivity index (χ3v) is 8.28. The molecule has 1 fully saturated rings. The molecule has 2 radical (unpaired) electrons. The molecule has 1 aliphatic rings. The van der Waals surface area contributed by atoms with Gasteiger partial charge in [-0.15, -0.1) is 0 Å². The van der Waals surface area contributed by atoms with Crippen LogP contribution in [-0.2, 0) is 74.9 Å². The number of carboxylic acid groups (broad SMARTS) is 1. The smallest absolute Gasteiger partial charge is 0.872 e. The summed E-state index contributed by atoms with van der Waals surface area (Å²) in [7, 11) is 6.75. The van der Waals surface area contributed by atoms with Crippen LogP contribution >= 0.6 is 0 Å². The Morgan fingerprint density at radius 3 is 1.24 bits per heavy atom. The van der Waals surface area contributed by atoms with E-state index in [1.54, 1.807) is 28.2 Å². The number of hydrogen-bond acceptors (Lipinski definition) is 10. The second-order valence-electron chi connectivity index (χ2n) is 18.5. The fourth-order valence-electron chi connectivity index (χ4n) is 4.83. The first-order chi connectivity index (χ1) is 25.5. The predicted octanol–water partition coefficient (Wildman–Crippen LogP) is 3.61. The van der Waals surface area contributed by atoms with E-state index in [0.717, 1.165) is 41.5 Å². The Hall–Kier alpha value is -3.25. The molecule has 0 unspecified atom stereocenters. The van der Waals surface area contributed by atoms with E-state index in [9.17, 15) is 34.8 Å². The summed E-state index contributed by atoms with van der Waals surface area (Å²) < 4.78 is 4.75. The Morgan fingerprint density at radius 1 is 0.707 bits per heavy atom. The summed E-state index contributed by atoms with van der Waals surface area (Å²) in [5.41, 5.74) is 3.78. The first-order valence-corrected chi connectivity index (χ1v) is 18.9. The van der Waals surface area contributed by atoms with Crippen LogP contribution in [0, 0.1) is 0 Å². The average Bonchev–Trinajstić information content (AvgIpc) is 3.61. The summed E-state index contributed by atoms with van der Waals surface area (Å²) in [5, 5.41) is 48.8. The van der Waals surface area contributed by atoms with Crippen molar-refractivity contribution in [2.24, 2.45) is 9.98 Å². The van der Waals surface area contributed by atoms with Crippen molar-refractivity contribution in [2.45, 2.75) is 130 Å². The molecule has 3 rings (SSSR count).